The monoisotopic (exact) mass is 306 g/mol. The van der Waals surface area contributed by atoms with Crippen molar-refractivity contribution in [3.63, 3.8) is 0 Å². The van der Waals surface area contributed by atoms with Crippen molar-refractivity contribution in [2.45, 2.75) is 6.54 Å². The van der Waals surface area contributed by atoms with E-state index in [-0.39, 0.29) is 12.2 Å². The van der Waals surface area contributed by atoms with E-state index in [0.29, 0.717) is 5.02 Å². The number of hydrogen-bond acceptors (Lipinski definition) is 2. The fourth-order valence-electron chi connectivity index (χ4n) is 1.61. The molecule has 0 saturated heterocycles. The van der Waals surface area contributed by atoms with E-state index in [0.717, 1.165) is 5.56 Å². The minimum Gasteiger partial charge on any atom is -0.344 e. The number of rotatable bonds is 3. The summed E-state index contributed by atoms with van der Waals surface area (Å²) in [6.07, 6.45) is 0. The van der Waals surface area contributed by atoms with Crippen LogP contribution in [0.2, 0.25) is 5.02 Å². The standard InChI is InChI=1S/C15H12ClFN2O2/c16-11-7-5-10(6-8-11)9-18-14(20)15(21)19-13-4-2-1-3-12(13)17/h1-8H,9H2,(H,18,20)(H,19,21). The summed E-state index contributed by atoms with van der Waals surface area (Å²) in [4.78, 5) is 23.3. The van der Waals surface area contributed by atoms with Crippen molar-refractivity contribution >= 4 is 29.1 Å². The van der Waals surface area contributed by atoms with E-state index in [4.69, 9.17) is 11.6 Å². The van der Waals surface area contributed by atoms with Gasteiger partial charge < -0.3 is 10.6 Å². The second-order valence-electron chi connectivity index (χ2n) is 4.24. The van der Waals surface area contributed by atoms with Crippen molar-refractivity contribution in [1.82, 2.24) is 5.32 Å². The lowest BCUT2D eigenvalue weighted by atomic mass is 10.2. The van der Waals surface area contributed by atoms with Crippen molar-refractivity contribution in [3.8, 4) is 0 Å². The van der Waals surface area contributed by atoms with E-state index in [1.54, 1.807) is 30.3 Å². The molecule has 2 rings (SSSR count). The highest BCUT2D eigenvalue weighted by atomic mass is 35.5. The number of anilines is 1. The lowest BCUT2D eigenvalue weighted by Gasteiger charge is -2.07. The van der Waals surface area contributed by atoms with Gasteiger partial charge in [-0.2, -0.15) is 0 Å². The Bertz CT molecular complexity index is 659. The maximum absolute atomic E-state index is 13.3. The first kappa shape index (κ1) is 15.0. The summed E-state index contributed by atoms with van der Waals surface area (Å²) >= 11 is 5.74. The summed E-state index contributed by atoms with van der Waals surface area (Å²) in [5.74, 6) is -2.36. The van der Waals surface area contributed by atoms with Crippen LogP contribution in [0.5, 0.6) is 0 Å². The molecule has 0 bridgehead atoms. The Labute approximate surface area is 125 Å². The summed E-state index contributed by atoms with van der Waals surface area (Å²) in [7, 11) is 0. The topological polar surface area (TPSA) is 58.2 Å². The normalized spacial score (nSPS) is 10.0. The molecule has 21 heavy (non-hydrogen) atoms. The molecule has 0 aromatic heterocycles. The molecule has 0 unspecified atom stereocenters. The molecule has 4 nitrogen and oxygen atoms in total. The molecular formula is C15H12ClFN2O2. The SMILES string of the molecule is O=C(NCc1ccc(Cl)cc1)C(=O)Nc1ccccc1F. The van der Waals surface area contributed by atoms with Crippen LogP contribution in [0.1, 0.15) is 5.56 Å². The van der Waals surface area contributed by atoms with Gasteiger partial charge in [0.2, 0.25) is 0 Å². The van der Waals surface area contributed by atoms with Crippen molar-refractivity contribution in [2.75, 3.05) is 5.32 Å². The average Bonchev–Trinajstić information content (AvgIpc) is 2.48. The summed E-state index contributed by atoms with van der Waals surface area (Å²) < 4.78 is 13.3. The first-order chi connectivity index (χ1) is 10.1. The summed E-state index contributed by atoms with van der Waals surface area (Å²) in [5, 5.41) is 5.24. The van der Waals surface area contributed by atoms with Crippen LogP contribution in [0.4, 0.5) is 10.1 Å². The minimum atomic E-state index is -0.922. The quantitative estimate of drug-likeness (QED) is 0.857. The van der Waals surface area contributed by atoms with Gasteiger partial charge in [-0.25, -0.2) is 4.39 Å². The predicted octanol–water partition coefficient (Wildman–Crippen LogP) is 2.73. The Kier molecular flexibility index (Phi) is 4.90. The van der Waals surface area contributed by atoms with E-state index in [1.165, 1.54) is 18.2 Å². The number of halogens is 2. The third-order valence-corrected chi connectivity index (χ3v) is 2.95. The second-order valence-corrected chi connectivity index (χ2v) is 4.68. The average molecular weight is 307 g/mol. The molecule has 0 radical (unpaired) electrons. The smallest absolute Gasteiger partial charge is 0.313 e. The molecular weight excluding hydrogens is 295 g/mol. The van der Waals surface area contributed by atoms with Crippen LogP contribution in [0, 0.1) is 5.82 Å². The molecule has 6 heteroatoms. The van der Waals surface area contributed by atoms with Crippen molar-refractivity contribution in [1.29, 1.82) is 0 Å². The van der Waals surface area contributed by atoms with E-state index >= 15 is 0 Å². The molecule has 0 aliphatic heterocycles. The van der Waals surface area contributed by atoms with Gasteiger partial charge in [0.25, 0.3) is 0 Å². The van der Waals surface area contributed by atoms with Crippen molar-refractivity contribution in [2.24, 2.45) is 0 Å². The molecule has 0 aliphatic carbocycles. The van der Waals surface area contributed by atoms with Crippen LogP contribution < -0.4 is 10.6 Å². The Balaban J connectivity index is 1.90. The zero-order chi connectivity index (χ0) is 15.2. The highest BCUT2D eigenvalue weighted by Crippen LogP contribution is 2.12. The van der Waals surface area contributed by atoms with Gasteiger partial charge in [0.15, 0.2) is 0 Å². The summed E-state index contributed by atoms with van der Waals surface area (Å²) in [6.45, 7) is 0.181. The molecule has 108 valence electrons. The molecule has 0 heterocycles. The molecule has 0 fully saturated rings. The Morgan fingerprint density at radius 2 is 1.67 bits per heavy atom. The van der Waals surface area contributed by atoms with Crippen LogP contribution in [0.25, 0.3) is 0 Å². The van der Waals surface area contributed by atoms with Gasteiger partial charge >= 0.3 is 11.8 Å². The van der Waals surface area contributed by atoms with Crippen LogP contribution in [0.15, 0.2) is 48.5 Å². The Hall–Kier alpha value is -2.40. The first-order valence-corrected chi connectivity index (χ1v) is 6.52. The van der Waals surface area contributed by atoms with Gasteiger partial charge in [0.05, 0.1) is 5.69 Å². The zero-order valence-electron chi connectivity index (χ0n) is 10.9. The van der Waals surface area contributed by atoms with Gasteiger partial charge in [-0.05, 0) is 29.8 Å². The number of carbonyl (C=O) groups excluding carboxylic acids is 2. The summed E-state index contributed by atoms with van der Waals surface area (Å²) in [5.41, 5.74) is 0.760. The number of benzene rings is 2. The predicted molar refractivity (Wildman–Crippen MR) is 78.3 cm³/mol. The summed E-state index contributed by atoms with van der Waals surface area (Å²) in [6, 6.07) is 12.5. The fraction of sp³-hybridized carbons (Fsp3) is 0.0667. The van der Waals surface area contributed by atoms with Gasteiger partial charge in [0.1, 0.15) is 5.82 Å². The number of nitrogens with one attached hydrogen (secondary N) is 2. The largest absolute Gasteiger partial charge is 0.344 e. The zero-order valence-corrected chi connectivity index (χ0v) is 11.7. The van der Waals surface area contributed by atoms with Gasteiger partial charge in [-0.1, -0.05) is 35.9 Å². The number of para-hydroxylation sites is 1. The molecule has 2 N–H and O–H groups in total. The van der Waals surface area contributed by atoms with E-state index in [1.807, 2.05) is 0 Å². The van der Waals surface area contributed by atoms with Crippen LogP contribution >= 0.6 is 11.6 Å². The van der Waals surface area contributed by atoms with Crippen LogP contribution in [-0.4, -0.2) is 11.8 Å². The van der Waals surface area contributed by atoms with E-state index in [9.17, 15) is 14.0 Å². The third kappa shape index (κ3) is 4.29. The van der Waals surface area contributed by atoms with E-state index in [2.05, 4.69) is 10.6 Å². The first-order valence-electron chi connectivity index (χ1n) is 6.14. The second kappa shape index (κ2) is 6.85. The minimum absolute atomic E-state index is 0.0378. The number of carbonyl (C=O) groups is 2. The van der Waals surface area contributed by atoms with Crippen LogP contribution in [0.3, 0.4) is 0 Å². The lowest BCUT2D eigenvalue weighted by Crippen LogP contribution is -2.35. The molecule has 0 saturated carbocycles. The van der Waals surface area contributed by atoms with Gasteiger partial charge in [-0.3, -0.25) is 9.59 Å². The van der Waals surface area contributed by atoms with Crippen LogP contribution in [-0.2, 0) is 16.1 Å². The maximum atomic E-state index is 13.3. The number of amides is 2. The van der Waals surface area contributed by atoms with Gasteiger partial charge in [-0.15, -0.1) is 0 Å². The maximum Gasteiger partial charge on any atom is 0.313 e. The highest BCUT2D eigenvalue weighted by Gasteiger charge is 2.14. The van der Waals surface area contributed by atoms with Crippen molar-refractivity contribution in [3.05, 3.63) is 64.9 Å². The molecule has 0 atom stereocenters. The highest BCUT2D eigenvalue weighted by molar-refractivity contribution is 6.39. The fourth-order valence-corrected chi connectivity index (χ4v) is 1.73. The van der Waals surface area contributed by atoms with Crippen molar-refractivity contribution < 1.29 is 14.0 Å². The Morgan fingerprint density at radius 1 is 1.00 bits per heavy atom. The molecule has 2 aromatic rings. The van der Waals surface area contributed by atoms with Gasteiger partial charge in [0, 0.05) is 11.6 Å². The molecule has 0 aliphatic rings. The molecule has 2 aromatic carbocycles. The lowest BCUT2D eigenvalue weighted by molar-refractivity contribution is -0.136. The molecule has 2 amide bonds. The molecule has 0 spiro atoms. The van der Waals surface area contributed by atoms with E-state index < -0.39 is 17.6 Å². The number of hydrogen-bond donors (Lipinski definition) is 2. The Morgan fingerprint density at radius 3 is 2.33 bits per heavy atom. The third-order valence-electron chi connectivity index (χ3n) is 2.69.